The van der Waals surface area contributed by atoms with Gasteiger partial charge in [-0.2, -0.15) is 0 Å². The molecule has 1 aliphatic heterocycles. The molecule has 0 aromatic heterocycles. The summed E-state index contributed by atoms with van der Waals surface area (Å²) in [5.74, 6) is 1.12. The smallest absolute Gasteiger partial charge is 0.229 e. The molecule has 0 spiro atoms. The Labute approximate surface area is 102 Å². The summed E-state index contributed by atoms with van der Waals surface area (Å²) in [4.78, 5) is 14.1. The molecule has 0 saturated heterocycles. The van der Waals surface area contributed by atoms with Gasteiger partial charge in [-0.25, -0.2) is 0 Å². The lowest BCUT2D eigenvalue weighted by molar-refractivity contribution is -0.136. The Bertz CT molecular complexity index is 399. The van der Waals surface area contributed by atoms with Gasteiger partial charge in [0.1, 0.15) is 12.4 Å². The lowest BCUT2D eigenvalue weighted by Gasteiger charge is -2.29. The van der Waals surface area contributed by atoms with Crippen LogP contribution in [0.25, 0.3) is 0 Å². The molecular weight excluding hydrogens is 214 g/mol. The third-order valence-electron chi connectivity index (χ3n) is 3.30. The molecular formula is C14H19NO2. The molecule has 17 heavy (non-hydrogen) atoms. The highest BCUT2D eigenvalue weighted by Crippen LogP contribution is 2.27. The van der Waals surface area contributed by atoms with Crippen LogP contribution in [0, 0.1) is 5.92 Å². The molecule has 1 unspecified atom stereocenters. The molecule has 2 rings (SSSR count). The highest BCUT2D eigenvalue weighted by atomic mass is 16.5. The highest BCUT2D eigenvalue weighted by Gasteiger charge is 2.28. The van der Waals surface area contributed by atoms with Gasteiger partial charge in [0.15, 0.2) is 0 Å². The Kier molecular flexibility index (Phi) is 3.67. The molecule has 0 aliphatic carbocycles. The van der Waals surface area contributed by atoms with E-state index < -0.39 is 0 Å². The van der Waals surface area contributed by atoms with Crippen molar-refractivity contribution in [3.63, 3.8) is 0 Å². The lowest BCUT2D eigenvalue weighted by atomic mass is 9.95. The molecule has 1 atom stereocenters. The number of ether oxygens (including phenoxy) is 1. The van der Waals surface area contributed by atoms with Crippen molar-refractivity contribution in [2.45, 2.75) is 20.3 Å². The van der Waals surface area contributed by atoms with Crippen LogP contribution in [0.2, 0.25) is 0 Å². The Morgan fingerprint density at radius 2 is 2.06 bits per heavy atom. The first-order valence-electron chi connectivity index (χ1n) is 6.25. The quantitative estimate of drug-likeness (QED) is 0.800. The van der Waals surface area contributed by atoms with Gasteiger partial charge >= 0.3 is 0 Å². The lowest BCUT2D eigenvalue weighted by Crippen LogP contribution is -2.40. The van der Waals surface area contributed by atoms with Crippen molar-refractivity contribution in [1.29, 1.82) is 0 Å². The summed E-state index contributed by atoms with van der Waals surface area (Å²) in [5, 5.41) is 0. The van der Waals surface area contributed by atoms with Gasteiger partial charge in [-0.3, -0.25) is 4.79 Å². The highest BCUT2D eigenvalue weighted by molar-refractivity contribution is 5.79. The van der Waals surface area contributed by atoms with Crippen LogP contribution in [0.4, 0.5) is 0 Å². The van der Waals surface area contributed by atoms with Gasteiger partial charge in [0.05, 0.1) is 5.92 Å². The summed E-state index contributed by atoms with van der Waals surface area (Å²) < 4.78 is 5.65. The van der Waals surface area contributed by atoms with Gasteiger partial charge < -0.3 is 9.64 Å². The molecule has 0 bridgehead atoms. The Morgan fingerprint density at radius 1 is 1.35 bits per heavy atom. The van der Waals surface area contributed by atoms with Crippen LogP contribution in [0.15, 0.2) is 24.3 Å². The summed E-state index contributed by atoms with van der Waals surface area (Å²) in [6.07, 6.45) is 0.797. The second-order valence-electron chi connectivity index (χ2n) is 4.33. The van der Waals surface area contributed by atoms with Crippen LogP contribution in [0.5, 0.6) is 5.75 Å². The molecule has 3 heteroatoms. The topological polar surface area (TPSA) is 29.5 Å². The van der Waals surface area contributed by atoms with Crippen molar-refractivity contribution >= 4 is 5.91 Å². The van der Waals surface area contributed by atoms with Crippen LogP contribution in [0.1, 0.15) is 19.4 Å². The van der Waals surface area contributed by atoms with Crippen LogP contribution in [-0.2, 0) is 11.2 Å². The third kappa shape index (κ3) is 2.43. The van der Waals surface area contributed by atoms with E-state index in [9.17, 15) is 4.79 Å². The van der Waals surface area contributed by atoms with Crippen molar-refractivity contribution in [2.75, 3.05) is 19.7 Å². The maximum absolute atomic E-state index is 12.2. The fraction of sp³-hybridized carbons (Fsp3) is 0.500. The number of benzene rings is 1. The van der Waals surface area contributed by atoms with Crippen molar-refractivity contribution in [2.24, 2.45) is 5.92 Å². The minimum atomic E-state index is -0.0233. The van der Waals surface area contributed by atoms with Crippen molar-refractivity contribution < 1.29 is 9.53 Å². The largest absolute Gasteiger partial charge is 0.492 e. The molecule has 0 saturated carbocycles. The zero-order chi connectivity index (χ0) is 12.3. The number of amides is 1. The van der Waals surface area contributed by atoms with Gasteiger partial charge in [-0.05, 0) is 31.9 Å². The SMILES string of the molecule is CCN(CC)C(=O)C1COc2ccccc2C1. The minimum Gasteiger partial charge on any atom is -0.492 e. The number of hydrogen-bond acceptors (Lipinski definition) is 2. The number of nitrogens with zero attached hydrogens (tertiary/aromatic N) is 1. The monoisotopic (exact) mass is 233 g/mol. The summed E-state index contributed by atoms with van der Waals surface area (Å²) in [6, 6.07) is 7.96. The molecule has 1 heterocycles. The third-order valence-corrected chi connectivity index (χ3v) is 3.30. The van der Waals surface area contributed by atoms with E-state index in [0.717, 1.165) is 30.8 Å². The fourth-order valence-electron chi connectivity index (χ4n) is 2.28. The first-order valence-corrected chi connectivity index (χ1v) is 6.25. The van der Waals surface area contributed by atoms with E-state index >= 15 is 0 Å². The second kappa shape index (κ2) is 5.21. The number of rotatable bonds is 3. The molecule has 0 N–H and O–H groups in total. The minimum absolute atomic E-state index is 0.0233. The normalized spacial score (nSPS) is 18.1. The number of para-hydroxylation sites is 1. The second-order valence-corrected chi connectivity index (χ2v) is 4.33. The molecule has 0 fully saturated rings. The molecule has 1 aromatic carbocycles. The summed E-state index contributed by atoms with van der Waals surface area (Å²) in [6.45, 7) is 6.07. The number of carbonyl (C=O) groups excluding carboxylic acids is 1. The molecule has 3 nitrogen and oxygen atoms in total. The van der Waals surface area contributed by atoms with Gasteiger partial charge in [0.2, 0.25) is 5.91 Å². The fourth-order valence-corrected chi connectivity index (χ4v) is 2.28. The molecule has 1 aliphatic rings. The zero-order valence-corrected chi connectivity index (χ0v) is 10.5. The predicted octanol–water partition coefficient (Wildman–Crippen LogP) is 2.11. The van der Waals surface area contributed by atoms with E-state index in [-0.39, 0.29) is 11.8 Å². The van der Waals surface area contributed by atoms with Crippen molar-refractivity contribution in [1.82, 2.24) is 4.90 Å². The van der Waals surface area contributed by atoms with E-state index in [1.54, 1.807) is 0 Å². The molecule has 0 radical (unpaired) electrons. The number of carbonyl (C=O) groups is 1. The molecule has 92 valence electrons. The Morgan fingerprint density at radius 3 is 2.76 bits per heavy atom. The van der Waals surface area contributed by atoms with Crippen LogP contribution < -0.4 is 4.74 Å². The maximum atomic E-state index is 12.2. The van der Waals surface area contributed by atoms with Gasteiger partial charge in [-0.15, -0.1) is 0 Å². The first-order chi connectivity index (χ1) is 8.26. The Hall–Kier alpha value is -1.51. The first kappa shape index (κ1) is 12.0. The average molecular weight is 233 g/mol. The van der Waals surface area contributed by atoms with Gasteiger partial charge in [0.25, 0.3) is 0 Å². The van der Waals surface area contributed by atoms with Crippen LogP contribution in [0.3, 0.4) is 0 Å². The van der Waals surface area contributed by atoms with E-state index in [2.05, 4.69) is 0 Å². The van der Waals surface area contributed by atoms with Crippen LogP contribution in [-0.4, -0.2) is 30.5 Å². The summed E-state index contributed by atoms with van der Waals surface area (Å²) in [5.41, 5.74) is 1.14. The van der Waals surface area contributed by atoms with E-state index in [0.29, 0.717) is 6.61 Å². The van der Waals surface area contributed by atoms with Gasteiger partial charge in [-0.1, -0.05) is 18.2 Å². The maximum Gasteiger partial charge on any atom is 0.229 e. The van der Waals surface area contributed by atoms with Crippen molar-refractivity contribution in [3.8, 4) is 5.75 Å². The summed E-state index contributed by atoms with van der Waals surface area (Å²) >= 11 is 0. The van der Waals surface area contributed by atoms with E-state index in [4.69, 9.17) is 4.74 Å². The van der Waals surface area contributed by atoms with Crippen LogP contribution >= 0.6 is 0 Å². The van der Waals surface area contributed by atoms with E-state index in [1.165, 1.54) is 0 Å². The number of hydrogen-bond donors (Lipinski definition) is 0. The average Bonchev–Trinajstić information content (AvgIpc) is 2.39. The standard InChI is InChI=1S/C14H19NO2/c1-3-15(4-2)14(16)12-9-11-7-5-6-8-13(11)17-10-12/h5-8,12H,3-4,9-10H2,1-2H3. The van der Waals surface area contributed by atoms with E-state index in [1.807, 2.05) is 43.0 Å². The molecule has 1 aromatic rings. The van der Waals surface area contributed by atoms with Crippen molar-refractivity contribution in [3.05, 3.63) is 29.8 Å². The zero-order valence-electron chi connectivity index (χ0n) is 10.5. The predicted molar refractivity (Wildman–Crippen MR) is 67.1 cm³/mol. The summed E-state index contributed by atoms with van der Waals surface area (Å²) in [7, 11) is 0. The molecule has 1 amide bonds. The number of fused-ring (bicyclic) bond motifs is 1. The van der Waals surface area contributed by atoms with Gasteiger partial charge in [0, 0.05) is 13.1 Å². The Balaban J connectivity index is 2.09.